The molecule has 0 bridgehead atoms. The van der Waals surface area contributed by atoms with E-state index in [0.717, 1.165) is 19.3 Å². The molecule has 1 atom stereocenters. The van der Waals surface area contributed by atoms with Crippen LogP contribution in [0.3, 0.4) is 0 Å². The van der Waals surface area contributed by atoms with Crippen LogP contribution in [-0.2, 0) is 17.6 Å². The number of nitrogens with one attached hydrogen (secondary N) is 2. The first-order valence-electron chi connectivity index (χ1n) is 9.01. The van der Waals surface area contributed by atoms with E-state index in [9.17, 15) is 14.4 Å². The van der Waals surface area contributed by atoms with E-state index in [1.165, 1.54) is 24.5 Å². The SMILES string of the molecule is CC(NC(=O)c1ccc(NC(=O)c2ccc3c(c2)CCCC3)cc1)C(=O)O. The maximum absolute atomic E-state index is 12.5. The van der Waals surface area contributed by atoms with Gasteiger partial charge in [-0.3, -0.25) is 14.4 Å². The molecule has 1 aliphatic rings. The number of aliphatic carboxylic acids is 1. The van der Waals surface area contributed by atoms with Crippen LogP contribution < -0.4 is 10.6 Å². The minimum atomic E-state index is -1.10. The summed E-state index contributed by atoms with van der Waals surface area (Å²) in [4.78, 5) is 35.3. The Morgan fingerprint density at radius 1 is 0.889 bits per heavy atom. The van der Waals surface area contributed by atoms with Crippen molar-refractivity contribution < 1.29 is 19.5 Å². The summed E-state index contributed by atoms with van der Waals surface area (Å²) in [7, 11) is 0. The van der Waals surface area contributed by atoms with E-state index in [0.29, 0.717) is 16.8 Å². The van der Waals surface area contributed by atoms with E-state index in [1.807, 2.05) is 18.2 Å². The Labute approximate surface area is 157 Å². The van der Waals surface area contributed by atoms with E-state index in [-0.39, 0.29) is 5.91 Å². The molecule has 0 spiro atoms. The van der Waals surface area contributed by atoms with Crippen LogP contribution in [-0.4, -0.2) is 28.9 Å². The van der Waals surface area contributed by atoms with Gasteiger partial charge in [-0.25, -0.2) is 0 Å². The number of benzene rings is 2. The number of carboxylic acid groups (broad SMARTS) is 1. The number of fused-ring (bicyclic) bond motifs is 1. The minimum Gasteiger partial charge on any atom is -0.480 e. The van der Waals surface area contributed by atoms with Crippen molar-refractivity contribution in [1.29, 1.82) is 0 Å². The number of aryl methyl sites for hydroxylation is 2. The van der Waals surface area contributed by atoms with Crippen molar-refractivity contribution >= 4 is 23.5 Å². The van der Waals surface area contributed by atoms with Crippen molar-refractivity contribution in [2.75, 3.05) is 5.32 Å². The Hall–Kier alpha value is -3.15. The summed E-state index contributed by atoms with van der Waals surface area (Å²) in [6, 6.07) is 11.2. The van der Waals surface area contributed by atoms with E-state index < -0.39 is 17.9 Å². The highest BCUT2D eigenvalue weighted by molar-refractivity contribution is 6.05. The van der Waals surface area contributed by atoms with Crippen molar-refractivity contribution in [3.63, 3.8) is 0 Å². The predicted molar refractivity (Wildman–Crippen MR) is 102 cm³/mol. The molecule has 140 valence electrons. The molecule has 0 aromatic heterocycles. The molecule has 3 N–H and O–H groups in total. The molecule has 0 aliphatic heterocycles. The topological polar surface area (TPSA) is 95.5 Å². The zero-order chi connectivity index (χ0) is 19.4. The van der Waals surface area contributed by atoms with Crippen LogP contribution in [0.4, 0.5) is 5.69 Å². The third kappa shape index (κ3) is 4.53. The molecular weight excluding hydrogens is 344 g/mol. The van der Waals surface area contributed by atoms with Crippen LogP contribution in [0, 0.1) is 0 Å². The van der Waals surface area contributed by atoms with Crippen molar-refractivity contribution in [1.82, 2.24) is 5.32 Å². The molecule has 0 saturated heterocycles. The van der Waals surface area contributed by atoms with Gasteiger partial charge in [0, 0.05) is 16.8 Å². The Balaban J connectivity index is 1.65. The average molecular weight is 366 g/mol. The lowest BCUT2D eigenvalue weighted by Gasteiger charge is -2.16. The zero-order valence-corrected chi connectivity index (χ0v) is 15.1. The highest BCUT2D eigenvalue weighted by Crippen LogP contribution is 2.22. The van der Waals surface area contributed by atoms with Gasteiger partial charge in [0.25, 0.3) is 11.8 Å². The Kier molecular flexibility index (Phi) is 5.54. The average Bonchev–Trinajstić information content (AvgIpc) is 2.68. The van der Waals surface area contributed by atoms with Crippen LogP contribution in [0.5, 0.6) is 0 Å². The van der Waals surface area contributed by atoms with Gasteiger partial charge >= 0.3 is 5.97 Å². The van der Waals surface area contributed by atoms with Gasteiger partial charge in [-0.2, -0.15) is 0 Å². The minimum absolute atomic E-state index is 0.194. The maximum atomic E-state index is 12.5. The molecule has 6 heteroatoms. The quantitative estimate of drug-likeness (QED) is 0.758. The predicted octanol–water partition coefficient (Wildman–Crippen LogP) is 3.02. The molecule has 2 amide bonds. The van der Waals surface area contributed by atoms with E-state index in [2.05, 4.69) is 10.6 Å². The van der Waals surface area contributed by atoms with Crippen LogP contribution in [0.1, 0.15) is 51.6 Å². The number of carbonyl (C=O) groups excluding carboxylic acids is 2. The van der Waals surface area contributed by atoms with Crippen molar-refractivity contribution in [2.45, 2.75) is 38.6 Å². The van der Waals surface area contributed by atoms with E-state index in [4.69, 9.17) is 5.11 Å². The highest BCUT2D eigenvalue weighted by Gasteiger charge is 2.16. The summed E-state index contributed by atoms with van der Waals surface area (Å²) < 4.78 is 0. The van der Waals surface area contributed by atoms with Crippen molar-refractivity contribution in [2.24, 2.45) is 0 Å². The van der Waals surface area contributed by atoms with Crippen molar-refractivity contribution in [3.8, 4) is 0 Å². The number of carbonyl (C=O) groups is 3. The first-order valence-corrected chi connectivity index (χ1v) is 9.01. The van der Waals surface area contributed by atoms with Gasteiger partial charge in [0.2, 0.25) is 0 Å². The summed E-state index contributed by atoms with van der Waals surface area (Å²) in [6.07, 6.45) is 4.43. The monoisotopic (exact) mass is 366 g/mol. The summed E-state index contributed by atoms with van der Waals surface area (Å²) in [5.41, 5.74) is 4.08. The fourth-order valence-corrected chi connectivity index (χ4v) is 3.12. The maximum Gasteiger partial charge on any atom is 0.325 e. The summed E-state index contributed by atoms with van der Waals surface area (Å²) >= 11 is 0. The smallest absolute Gasteiger partial charge is 0.325 e. The normalized spacial score (nSPS) is 14.0. The fourth-order valence-electron chi connectivity index (χ4n) is 3.12. The molecule has 0 heterocycles. The summed E-state index contributed by atoms with van der Waals surface area (Å²) in [6.45, 7) is 1.40. The van der Waals surface area contributed by atoms with Crippen LogP contribution >= 0.6 is 0 Å². The molecular formula is C21H22N2O4. The molecule has 1 unspecified atom stereocenters. The summed E-state index contributed by atoms with van der Waals surface area (Å²) in [5, 5.41) is 14.1. The molecule has 6 nitrogen and oxygen atoms in total. The number of hydrogen-bond acceptors (Lipinski definition) is 3. The molecule has 2 aromatic carbocycles. The molecule has 27 heavy (non-hydrogen) atoms. The second-order valence-electron chi connectivity index (χ2n) is 6.76. The lowest BCUT2D eigenvalue weighted by molar-refractivity contribution is -0.138. The van der Waals surface area contributed by atoms with Gasteiger partial charge in [-0.05, 0) is 80.1 Å². The third-order valence-corrected chi connectivity index (χ3v) is 4.73. The molecule has 2 aromatic rings. The second kappa shape index (κ2) is 8.03. The Bertz CT molecular complexity index is 874. The van der Waals surface area contributed by atoms with Gasteiger partial charge in [-0.15, -0.1) is 0 Å². The highest BCUT2D eigenvalue weighted by atomic mass is 16.4. The van der Waals surface area contributed by atoms with E-state index in [1.54, 1.807) is 24.3 Å². The van der Waals surface area contributed by atoms with Gasteiger partial charge in [0.05, 0.1) is 0 Å². The van der Waals surface area contributed by atoms with E-state index >= 15 is 0 Å². The molecule has 0 saturated carbocycles. The molecule has 1 aliphatic carbocycles. The van der Waals surface area contributed by atoms with Crippen LogP contribution in [0.15, 0.2) is 42.5 Å². The van der Waals surface area contributed by atoms with Crippen LogP contribution in [0.25, 0.3) is 0 Å². The third-order valence-electron chi connectivity index (χ3n) is 4.73. The Morgan fingerprint density at radius 3 is 2.19 bits per heavy atom. The molecule has 0 radical (unpaired) electrons. The lowest BCUT2D eigenvalue weighted by atomic mass is 9.90. The molecule has 3 rings (SSSR count). The van der Waals surface area contributed by atoms with Crippen molar-refractivity contribution in [3.05, 3.63) is 64.7 Å². The van der Waals surface area contributed by atoms with Crippen LogP contribution in [0.2, 0.25) is 0 Å². The number of rotatable bonds is 5. The van der Waals surface area contributed by atoms with Gasteiger partial charge in [-0.1, -0.05) is 6.07 Å². The summed E-state index contributed by atoms with van der Waals surface area (Å²) in [5.74, 6) is -1.77. The zero-order valence-electron chi connectivity index (χ0n) is 15.1. The number of carboxylic acids is 1. The van der Waals surface area contributed by atoms with Gasteiger partial charge in [0.15, 0.2) is 0 Å². The first-order chi connectivity index (χ1) is 12.9. The second-order valence-corrected chi connectivity index (χ2v) is 6.76. The van der Waals surface area contributed by atoms with Gasteiger partial charge in [0.1, 0.15) is 6.04 Å². The number of amides is 2. The Morgan fingerprint density at radius 2 is 1.52 bits per heavy atom. The number of hydrogen-bond donors (Lipinski definition) is 3. The lowest BCUT2D eigenvalue weighted by Crippen LogP contribution is -2.38. The van der Waals surface area contributed by atoms with Gasteiger partial charge < -0.3 is 15.7 Å². The number of anilines is 1. The standard InChI is InChI=1S/C21H22N2O4/c1-13(21(26)27)22-19(24)15-8-10-18(11-9-15)23-20(25)17-7-6-14-4-2-3-5-16(14)12-17/h6-13H,2-5H2,1H3,(H,22,24)(H,23,25)(H,26,27). The first kappa shape index (κ1) is 18.6. The fraction of sp³-hybridized carbons (Fsp3) is 0.286. The molecule has 0 fully saturated rings. The largest absolute Gasteiger partial charge is 0.480 e.